The molecule has 0 unspecified atom stereocenters. The summed E-state index contributed by atoms with van der Waals surface area (Å²) in [5, 5.41) is 1.91. The lowest BCUT2D eigenvalue weighted by atomic mass is 10.0. The summed E-state index contributed by atoms with van der Waals surface area (Å²) in [7, 11) is 4.69. The van der Waals surface area contributed by atoms with Crippen molar-refractivity contribution in [1.29, 1.82) is 0 Å². The standard InChI is InChI=1S/C24H24N2O6S2/c1-14-20(23(28)32-10-9-29-2)21(18-6-5-11-33-18)26-22(27)19(34-24(26)25-14)13-15-12-16(30-3)7-8-17(15)31-4/h5-8,11-13,21H,9-10H2,1-4H3/b19-13+/t21-/m1/s1. The molecule has 3 heterocycles. The topological polar surface area (TPSA) is 88.4 Å². The molecular weight excluding hydrogens is 476 g/mol. The van der Waals surface area contributed by atoms with Crippen molar-refractivity contribution >= 4 is 34.7 Å². The Morgan fingerprint density at radius 3 is 2.68 bits per heavy atom. The van der Waals surface area contributed by atoms with Crippen molar-refractivity contribution in [1.82, 2.24) is 4.57 Å². The van der Waals surface area contributed by atoms with Crippen molar-refractivity contribution in [3.63, 3.8) is 0 Å². The van der Waals surface area contributed by atoms with Crippen LogP contribution in [0.15, 0.2) is 56.8 Å². The van der Waals surface area contributed by atoms with Crippen LogP contribution in [0.25, 0.3) is 6.08 Å². The quantitative estimate of drug-likeness (QED) is 0.349. The zero-order valence-electron chi connectivity index (χ0n) is 19.2. The van der Waals surface area contributed by atoms with Crippen molar-refractivity contribution < 1.29 is 23.7 Å². The van der Waals surface area contributed by atoms with Gasteiger partial charge in [-0.15, -0.1) is 11.3 Å². The first-order valence-corrected chi connectivity index (χ1v) is 12.1. The van der Waals surface area contributed by atoms with E-state index in [0.717, 1.165) is 4.88 Å². The second-order valence-corrected chi connectivity index (χ2v) is 9.32. The van der Waals surface area contributed by atoms with Gasteiger partial charge in [0.05, 0.1) is 36.6 Å². The Morgan fingerprint density at radius 1 is 1.18 bits per heavy atom. The van der Waals surface area contributed by atoms with Gasteiger partial charge in [-0.25, -0.2) is 9.79 Å². The fourth-order valence-corrected chi connectivity index (χ4v) is 5.55. The van der Waals surface area contributed by atoms with E-state index in [1.165, 1.54) is 29.8 Å². The molecule has 2 aromatic heterocycles. The summed E-state index contributed by atoms with van der Waals surface area (Å²) < 4.78 is 23.2. The number of carbonyl (C=O) groups excluding carboxylic acids is 1. The number of methoxy groups -OCH3 is 3. The van der Waals surface area contributed by atoms with E-state index in [-0.39, 0.29) is 18.8 Å². The third-order valence-corrected chi connectivity index (χ3v) is 7.21. The Morgan fingerprint density at radius 2 is 2.00 bits per heavy atom. The van der Waals surface area contributed by atoms with Crippen LogP contribution in [0, 0.1) is 0 Å². The van der Waals surface area contributed by atoms with Gasteiger partial charge in [-0.05, 0) is 42.6 Å². The number of ether oxygens (including phenoxy) is 4. The van der Waals surface area contributed by atoms with Gasteiger partial charge in [-0.3, -0.25) is 9.36 Å². The van der Waals surface area contributed by atoms with Crippen LogP contribution in [0.5, 0.6) is 11.5 Å². The first-order chi connectivity index (χ1) is 16.5. The average Bonchev–Trinajstić information content (AvgIpc) is 3.47. The third kappa shape index (κ3) is 4.56. The summed E-state index contributed by atoms with van der Waals surface area (Å²) in [5.41, 5.74) is 1.32. The highest BCUT2D eigenvalue weighted by Gasteiger charge is 2.34. The summed E-state index contributed by atoms with van der Waals surface area (Å²) >= 11 is 2.73. The second-order valence-electron chi connectivity index (χ2n) is 7.33. The maximum absolute atomic E-state index is 13.6. The number of esters is 1. The molecule has 4 rings (SSSR count). The smallest absolute Gasteiger partial charge is 0.338 e. The molecule has 8 nitrogen and oxygen atoms in total. The molecule has 0 radical (unpaired) electrons. The minimum atomic E-state index is -0.624. The molecule has 0 N–H and O–H groups in total. The predicted molar refractivity (Wildman–Crippen MR) is 130 cm³/mol. The van der Waals surface area contributed by atoms with Crippen LogP contribution < -0.4 is 24.4 Å². The maximum Gasteiger partial charge on any atom is 0.338 e. The molecule has 1 aromatic carbocycles. The van der Waals surface area contributed by atoms with E-state index < -0.39 is 12.0 Å². The van der Waals surface area contributed by atoms with E-state index in [1.807, 2.05) is 17.5 Å². The molecule has 0 bridgehead atoms. The lowest BCUT2D eigenvalue weighted by Crippen LogP contribution is -2.39. The van der Waals surface area contributed by atoms with Gasteiger partial charge in [0, 0.05) is 17.6 Å². The van der Waals surface area contributed by atoms with Crippen molar-refractivity contribution in [2.45, 2.75) is 13.0 Å². The van der Waals surface area contributed by atoms with Gasteiger partial charge in [0.2, 0.25) is 0 Å². The highest BCUT2D eigenvalue weighted by Crippen LogP contribution is 2.33. The third-order valence-electron chi connectivity index (χ3n) is 5.30. The molecule has 34 heavy (non-hydrogen) atoms. The lowest BCUT2D eigenvalue weighted by molar-refractivity contribution is -0.140. The zero-order valence-corrected chi connectivity index (χ0v) is 20.8. The number of carbonyl (C=O) groups is 1. The molecule has 1 aliphatic rings. The largest absolute Gasteiger partial charge is 0.497 e. The number of benzene rings is 1. The van der Waals surface area contributed by atoms with E-state index in [4.69, 9.17) is 18.9 Å². The second kappa shape index (κ2) is 10.4. The Bertz CT molecular complexity index is 1400. The Balaban J connectivity index is 1.87. The first kappa shape index (κ1) is 23.9. The molecule has 0 amide bonds. The van der Waals surface area contributed by atoms with Crippen molar-refractivity contribution in [3.05, 3.63) is 77.1 Å². The fourth-order valence-electron chi connectivity index (χ4n) is 3.69. The van der Waals surface area contributed by atoms with Crippen LogP contribution in [0.1, 0.15) is 23.4 Å². The molecular formula is C24H24N2O6S2. The molecule has 10 heteroatoms. The van der Waals surface area contributed by atoms with Crippen LogP contribution in [0.3, 0.4) is 0 Å². The monoisotopic (exact) mass is 500 g/mol. The van der Waals surface area contributed by atoms with Gasteiger partial charge in [-0.2, -0.15) is 0 Å². The highest BCUT2D eigenvalue weighted by molar-refractivity contribution is 7.10. The predicted octanol–water partition coefficient (Wildman–Crippen LogP) is 2.50. The Labute approximate surface area is 204 Å². The summed E-state index contributed by atoms with van der Waals surface area (Å²) in [6.45, 7) is 2.16. The number of fused-ring (bicyclic) bond motifs is 1. The van der Waals surface area contributed by atoms with Gasteiger partial charge in [0.1, 0.15) is 24.1 Å². The van der Waals surface area contributed by atoms with Crippen molar-refractivity contribution in [2.24, 2.45) is 4.99 Å². The van der Waals surface area contributed by atoms with Crippen LogP contribution in [0.4, 0.5) is 0 Å². The van der Waals surface area contributed by atoms with E-state index in [9.17, 15) is 9.59 Å². The van der Waals surface area contributed by atoms with Crippen LogP contribution >= 0.6 is 22.7 Å². The number of allylic oxidation sites excluding steroid dienone is 1. The maximum atomic E-state index is 13.6. The number of thiophene rings is 1. The normalized spacial score (nSPS) is 15.6. The molecule has 178 valence electrons. The molecule has 0 fully saturated rings. The summed E-state index contributed by atoms with van der Waals surface area (Å²) in [4.78, 5) is 32.6. The summed E-state index contributed by atoms with van der Waals surface area (Å²) in [6, 6.07) is 8.55. The summed E-state index contributed by atoms with van der Waals surface area (Å²) in [6.07, 6.45) is 1.76. The molecule has 0 saturated heterocycles. The highest BCUT2D eigenvalue weighted by atomic mass is 32.1. The van der Waals surface area contributed by atoms with Crippen LogP contribution in [0.2, 0.25) is 0 Å². The molecule has 3 aromatic rings. The molecule has 0 aliphatic carbocycles. The van der Waals surface area contributed by atoms with Gasteiger partial charge in [-0.1, -0.05) is 17.4 Å². The van der Waals surface area contributed by atoms with Gasteiger partial charge in [0.25, 0.3) is 5.56 Å². The van der Waals surface area contributed by atoms with Crippen LogP contribution in [-0.2, 0) is 14.3 Å². The van der Waals surface area contributed by atoms with Gasteiger partial charge < -0.3 is 18.9 Å². The minimum Gasteiger partial charge on any atom is -0.497 e. The summed E-state index contributed by atoms with van der Waals surface area (Å²) in [5.74, 6) is 0.744. The van der Waals surface area contributed by atoms with E-state index in [0.29, 0.717) is 37.7 Å². The minimum absolute atomic E-state index is 0.114. The molecule has 1 aliphatic heterocycles. The number of hydrogen-bond donors (Lipinski definition) is 0. The van der Waals surface area contributed by atoms with E-state index in [2.05, 4.69) is 4.99 Å². The van der Waals surface area contributed by atoms with Gasteiger partial charge >= 0.3 is 5.97 Å². The zero-order chi connectivity index (χ0) is 24.2. The van der Waals surface area contributed by atoms with E-state index >= 15 is 0 Å². The Hall–Kier alpha value is -3.21. The van der Waals surface area contributed by atoms with E-state index in [1.54, 1.807) is 50.0 Å². The van der Waals surface area contributed by atoms with Crippen molar-refractivity contribution in [2.75, 3.05) is 34.5 Å². The lowest BCUT2D eigenvalue weighted by Gasteiger charge is -2.23. The number of thiazole rings is 1. The molecule has 1 atom stereocenters. The SMILES string of the molecule is COCCOC(=O)C1=C(C)N=c2s/c(=C/c3cc(OC)ccc3OC)c(=O)n2[C@@H]1c1cccs1. The van der Waals surface area contributed by atoms with Crippen LogP contribution in [-0.4, -0.2) is 45.1 Å². The Kier molecular flexibility index (Phi) is 7.30. The number of hydrogen-bond acceptors (Lipinski definition) is 9. The molecule has 0 spiro atoms. The number of rotatable bonds is 8. The van der Waals surface area contributed by atoms with Gasteiger partial charge in [0.15, 0.2) is 4.80 Å². The number of nitrogens with zero attached hydrogens (tertiary/aromatic N) is 2. The van der Waals surface area contributed by atoms with Crippen molar-refractivity contribution in [3.8, 4) is 11.5 Å². The fraction of sp³-hybridized carbons (Fsp3) is 0.292. The molecule has 0 saturated carbocycles. The number of aromatic nitrogens is 1. The average molecular weight is 501 g/mol. The first-order valence-electron chi connectivity index (χ1n) is 10.4.